The van der Waals surface area contributed by atoms with Crippen molar-refractivity contribution in [3.8, 4) is 0 Å². The van der Waals surface area contributed by atoms with Crippen molar-refractivity contribution in [1.29, 1.82) is 0 Å². The minimum Gasteiger partial charge on any atom is -0.379 e. The average molecular weight is 340 g/mol. The third-order valence-electron chi connectivity index (χ3n) is 4.09. The Labute approximate surface area is 142 Å². The summed E-state index contributed by atoms with van der Waals surface area (Å²) < 4.78 is 5.41. The van der Waals surface area contributed by atoms with Crippen LogP contribution in [0, 0.1) is 12.8 Å². The van der Waals surface area contributed by atoms with E-state index in [-0.39, 0.29) is 6.03 Å². The van der Waals surface area contributed by atoms with Crippen LogP contribution in [0.4, 0.5) is 4.79 Å². The minimum absolute atomic E-state index is 0.101. The fourth-order valence-corrected chi connectivity index (χ4v) is 3.43. The summed E-state index contributed by atoms with van der Waals surface area (Å²) in [5.41, 5.74) is 1.04. The number of amides is 2. The molecule has 0 unspecified atom stereocenters. The Morgan fingerprint density at radius 1 is 1.39 bits per heavy atom. The molecule has 1 aromatic rings. The lowest BCUT2D eigenvalue weighted by Gasteiger charge is -2.36. The van der Waals surface area contributed by atoms with E-state index in [0.717, 1.165) is 43.4 Å². The lowest BCUT2D eigenvalue weighted by Crippen LogP contribution is -2.52. The number of carbonyl (C=O) groups is 1. The van der Waals surface area contributed by atoms with Crippen LogP contribution in [-0.2, 0) is 11.2 Å². The number of thiazole rings is 1. The topological polar surface area (TPSA) is 66.5 Å². The average Bonchev–Trinajstić information content (AvgIpc) is 2.94. The fraction of sp³-hybridized carbons (Fsp3) is 0.750. The molecule has 0 radical (unpaired) electrons. The van der Waals surface area contributed by atoms with Gasteiger partial charge in [-0.05, 0) is 12.8 Å². The molecule has 1 atom stereocenters. The molecule has 2 N–H and O–H groups in total. The fourth-order valence-electron chi connectivity index (χ4n) is 2.78. The molecule has 7 heteroatoms. The van der Waals surface area contributed by atoms with Gasteiger partial charge in [-0.25, -0.2) is 9.78 Å². The Morgan fingerprint density at radius 3 is 2.74 bits per heavy atom. The normalized spacial score (nSPS) is 17.2. The summed E-state index contributed by atoms with van der Waals surface area (Å²) >= 11 is 1.64. The second kappa shape index (κ2) is 9.20. The van der Waals surface area contributed by atoms with Crippen molar-refractivity contribution >= 4 is 17.4 Å². The number of aromatic nitrogens is 1. The third kappa shape index (κ3) is 6.08. The molecular formula is C16H28N4O2S. The zero-order valence-electron chi connectivity index (χ0n) is 14.3. The highest BCUT2D eigenvalue weighted by Crippen LogP contribution is 2.12. The van der Waals surface area contributed by atoms with Crippen LogP contribution in [0.15, 0.2) is 5.38 Å². The SMILES string of the molecule is Cc1nc(CCNC(=O)NC[C@H](C(C)C)N2CCOCC2)cs1. The zero-order valence-corrected chi connectivity index (χ0v) is 15.1. The third-order valence-corrected chi connectivity index (χ3v) is 4.91. The summed E-state index contributed by atoms with van der Waals surface area (Å²) in [5.74, 6) is 0.492. The summed E-state index contributed by atoms with van der Waals surface area (Å²) in [5, 5.41) is 9.02. The number of aryl methyl sites for hydroxylation is 1. The molecule has 1 aromatic heterocycles. The number of hydrogen-bond acceptors (Lipinski definition) is 5. The standard InChI is InChI=1S/C16H28N4O2S/c1-12(2)15(20-6-8-22-9-7-20)10-18-16(21)17-5-4-14-11-23-13(3)19-14/h11-12,15H,4-10H2,1-3H3,(H2,17,18,21)/t15-/m1/s1. The molecule has 1 fully saturated rings. The summed E-state index contributed by atoms with van der Waals surface area (Å²) in [6.45, 7) is 11.1. The summed E-state index contributed by atoms with van der Waals surface area (Å²) in [6.07, 6.45) is 0.773. The first-order chi connectivity index (χ1) is 11.1. The van der Waals surface area contributed by atoms with Gasteiger partial charge < -0.3 is 15.4 Å². The molecule has 2 rings (SSSR count). The Bertz CT molecular complexity index is 486. The van der Waals surface area contributed by atoms with Gasteiger partial charge >= 0.3 is 6.03 Å². The van der Waals surface area contributed by atoms with Crippen molar-refractivity contribution in [2.45, 2.75) is 33.2 Å². The van der Waals surface area contributed by atoms with Crippen molar-refractivity contribution < 1.29 is 9.53 Å². The van der Waals surface area contributed by atoms with Gasteiger partial charge in [0.1, 0.15) is 0 Å². The van der Waals surface area contributed by atoms with E-state index in [4.69, 9.17) is 4.74 Å². The lowest BCUT2D eigenvalue weighted by atomic mass is 10.0. The highest BCUT2D eigenvalue weighted by atomic mass is 32.1. The molecule has 130 valence electrons. The van der Waals surface area contributed by atoms with E-state index in [1.165, 1.54) is 0 Å². The maximum Gasteiger partial charge on any atom is 0.314 e. The van der Waals surface area contributed by atoms with Crippen LogP contribution < -0.4 is 10.6 Å². The second-order valence-electron chi connectivity index (χ2n) is 6.20. The predicted octanol–water partition coefficient (Wildman–Crippen LogP) is 1.65. The van der Waals surface area contributed by atoms with Gasteiger partial charge in [0, 0.05) is 44.0 Å². The van der Waals surface area contributed by atoms with Crippen LogP contribution in [0.2, 0.25) is 0 Å². The highest BCUT2D eigenvalue weighted by Gasteiger charge is 2.24. The number of ether oxygens (including phenoxy) is 1. The zero-order chi connectivity index (χ0) is 16.7. The number of nitrogens with zero attached hydrogens (tertiary/aromatic N) is 2. The first kappa shape index (κ1) is 18.2. The molecule has 0 bridgehead atoms. The Kier molecular flexibility index (Phi) is 7.26. The number of morpholine rings is 1. The van der Waals surface area contributed by atoms with Crippen LogP contribution >= 0.6 is 11.3 Å². The van der Waals surface area contributed by atoms with Crippen molar-refractivity contribution in [1.82, 2.24) is 20.5 Å². The van der Waals surface area contributed by atoms with Gasteiger partial charge in [0.2, 0.25) is 0 Å². The molecule has 0 saturated carbocycles. The Morgan fingerprint density at radius 2 is 2.13 bits per heavy atom. The quantitative estimate of drug-likeness (QED) is 0.792. The molecule has 0 spiro atoms. The van der Waals surface area contributed by atoms with Gasteiger partial charge in [-0.15, -0.1) is 11.3 Å². The largest absolute Gasteiger partial charge is 0.379 e. The molecular weight excluding hydrogens is 312 g/mol. The van der Waals surface area contributed by atoms with Crippen molar-refractivity contribution in [2.75, 3.05) is 39.4 Å². The minimum atomic E-state index is -0.101. The number of urea groups is 1. The molecule has 2 amide bonds. The lowest BCUT2D eigenvalue weighted by molar-refractivity contribution is 0.00720. The summed E-state index contributed by atoms with van der Waals surface area (Å²) in [6, 6.07) is 0.252. The van der Waals surface area contributed by atoms with Gasteiger partial charge in [-0.2, -0.15) is 0 Å². The second-order valence-corrected chi connectivity index (χ2v) is 7.27. The predicted molar refractivity (Wildman–Crippen MR) is 93.0 cm³/mol. The summed E-state index contributed by atoms with van der Waals surface area (Å²) in [4.78, 5) is 18.8. The first-order valence-corrected chi connectivity index (χ1v) is 9.18. The maximum atomic E-state index is 12.0. The van der Waals surface area contributed by atoms with Crippen molar-refractivity contribution in [3.05, 3.63) is 16.1 Å². The molecule has 1 aliphatic heterocycles. The number of carbonyl (C=O) groups excluding carboxylic acids is 1. The molecule has 1 saturated heterocycles. The summed E-state index contributed by atoms with van der Waals surface area (Å²) in [7, 11) is 0. The van der Waals surface area contributed by atoms with Crippen LogP contribution in [0.25, 0.3) is 0 Å². The van der Waals surface area contributed by atoms with Gasteiger partial charge in [0.15, 0.2) is 0 Å². The van der Waals surface area contributed by atoms with E-state index < -0.39 is 0 Å². The van der Waals surface area contributed by atoms with Gasteiger partial charge in [-0.3, -0.25) is 4.90 Å². The highest BCUT2D eigenvalue weighted by molar-refractivity contribution is 7.09. The van der Waals surface area contributed by atoms with Crippen molar-refractivity contribution in [3.63, 3.8) is 0 Å². The molecule has 0 aliphatic carbocycles. The number of rotatable bonds is 7. The van der Waals surface area contributed by atoms with Gasteiger partial charge in [-0.1, -0.05) is 13.8 Å². The van der Waals surface area contributed by atoms with Crippen molar-refractivity contribution in [2.24, 2.45) is 5.92 Å². The van der Waals surface area contributed by atoms with E-state index in [2.05, 4.69) is 34.4 Å². The first-order valence-electron chi connectivity index (χ1n) is 8.30. The number of hydrogen-bond donors (Lipinski definition) is 2. The maximum absolute atomic E-state index is 12.0. The van der Waals surface area contributed by atoms with E-state index in [9.17, 15) is 4.79 Å². The van der Waals surface area contributed by atoms with Gasteiger partial charge in [0.05, 0.1) is 23.9 Å². The van der Waals surface area contributed by atoms with Crippen LogP contribution in [0.3, 0.4) is 0 Å². The molecule has 23 heavy (non-hydrogen) atoms. The molecule has 1 aliphatic rings. The van der Waals surface area contributed by atoms with Crippen LogP contribution in [-0.4, -0.2) is 61.3 Å². The van der Waals surface area contributed by atoms with Gasteiger partial charge in [0.25, 0.3) is 0 Å². The van der Waals surface area contributed by atoms with E-state index in [1.54, 1.807) is 11.3 Å². The monoisotopic (exact) mass is 340 g/mol. The molecule has 6 nitrogen and oxygen atoms in total. The Balaban J connectivity index is 1.68. The molecule has 2 heterocycles. The number of nitrogens with one attached hydrogen (secondary N) is 2. The van der Waals surface area contributed by atoms with E-state index in [1.807, 2.05) is 12.3 Å². The smallest absolute Gasteiger partial charge is 0.314 e. The van der Waals surface area contributed by atoms with Crippen LogP contribution in [0.1, 0.15) is 24.5 Å². The van der Waals surface area contributed by atoms with Crippen LogP contribution in [0.5, 0.6) is 0 Å². The Hall–Kier alpha value is -1.18. The molecule has 0 aromatic carbocycles. The van der Waals surface area contributed by atoms with E-state index in [0.29, 0.717) is 25.0 Å². The van der Waals surface area contributed by atoms with E-state index >= 15 is 0 Å².